The van der Waals surface area contributed by atoms with Crippen LogP contribution in [-0.4, -0.2) is 12.1 Å². The highest BCUT2D eigenvalue weighted by Gasteiger charge is 2.02. The summed E-state index contributed by atoms with van der Waals surface area (Å²) in [6.45, 7) is 3.73. The minimum absolute atomic E-state index is 0.338. The number of oxazole rings is 1. The van der Waals surface area contributed by atoms with Gasteiger partial charge in [-0.3, -0.25) is 0 Å². The Morgan fingerprint density at radius 1 is 1.44 bits per heavy atom. The zero-order valence-corrected chi connectivity index (χ0v) is 5.76. The molecular formula is C6H9NO2. The Morgan fingerprint density at radius 2 is 2.11 bits per heavy atom. The highest BCUT2D eigenvalue weighted by atomic mass is 16.6. The van der Waals surface area contributed by atoms with E-state index in [4.69, 9.17) is 9.15 Å². The van der Waals surface area contributed by atoms with Crippen LogP contribution < -0.4 is 4.74 Å². The monoisotopic (exact) mass is 127 g/mol. The first-order valence-corrected chi connectivity index (χ1v) is 2.72. The lowest BCUT2D eigenvalue weighted by molar-refractivity contribution is 0.284. The molecule has 0 N–H and O–H groups in total. The Bertz CT molecular complexity index is 185. The predicted octanol–water partition coefficient (Wildman–Crippen LogP) is 1.30. The molecular weight excluding hydrogens is 118 g/mol. The summed E-state index contributed by atoms with van der Waals surface area (Å²) in [4.78, 5) is 3.94. The van der Waals surface area contributed by atoms with Crippen molar-refractivity contribution >= 4 is 0 Å². The van der Waals surface area contributed by atoms with E-state index in [1.807, 2.05) is 13.8 Å². The smallest absolute Gasteiger partial charge is 0.393 e. The lowest BCUT2D eigenvalue weighted by atomic mass is 10.4. The first kappa shape index (κ1) is 6.13. The lowest BCUT2D eigenvalue weighted by Crippen LogP contribution is -1.80. The third kappa shape index (κ3) is 1.04. The highest BCUT2D eigenvalue weighted by Crippen LogP contribution is 2.13. The second kappa shape index (κ2) is 2.09. The highest BCUT2D eigenvalue weighted by molar-refractivity contribution is 5.07. The quantitative estimate of drug-likeness (QED) is 0.570. The average molecular weight is 127 g/mol. The fourth-order valence-corrected chi connectivity index (χ4v) is 0.531. The van der Waals surface area contributed by atoms with Gasteiger partial charge in [0.25, 0.3) is 0 Å². The standard InChI is InChI=1S/C6H9NO2/c1-4-5(2)9-6(7-4)8-3/h1-3H3. The topological polar surface area (TPSA) is 35.3 Å². The molecule has 0 aliphatic carbocycles. The average Bonchev–Trinajstić information content (AvgIpc) is 2.13. The minimum Gasteiger partial charge on any atom is -0.454 e. The molecule has 1 rings (SSSR count). The van der Waals surface area contributed by atoms with Gasteiger partial charge in [0.15, 0.2) is 0 Å². The number of nitrogens with zero attached hydrogens (tertiary/aromatic N) is 1. The molecule has 1 aromatic rings. The Labute approximate surface area is 53.7 Å². The van der Waals surface area contributed by atoms with Crippen LogP contribution in [0, 0.1) is 13.8 Å². The van der Waals surface area contributed by atoms with E-state index in [1.54, 1.807) is 0 Å². The Balaban J connectivity index is 2.98. The molecule has 3 nitrogen and oxygen atoms in total. The molecule has 0 aliphatic heterocycles. The van der Waals surface area contributed by atoms with Crippen LogP contribution in [0.15, 0.2) is 4.42 Å². The molecule has 3 heteroatoms. The van der Waals surface area contributed by atoms with Crippen molar-refractivity contribution in [2.75, 3.05) is 7.11 Å². The largest absolute Gasteiger partial charge is 0.454 e. The third-order valence-corrected chi connectivity index (χ3v) is 1.18. The van der Waals surface area contributed by atoms with Crippen molar-refractivity contribution in [2.45, 2.75) is 13.8 Å². The van der Waals surface area contributed by atoms with E-state index in [0.29, 0.717) is 6.08 Å². The number of ether oxygens (including phenoxy) is 1. The molecule has 0 fully saturated rings. The van der Waals surface area contributed by atoms with E-state index in [-0.39, 0.29) is 0 Å². The summed E-state index contributed by atoms with van der Waals surface area (Å²) in [5.41, 5.74) is 0.881. The Kier molecular flexibility index (Phi) is 1.42. The van der Waals surface area contributed by atoms with Gasteiger partial charge in [0, 0.05) is 0 Å². The maximum Gasteiger partial charge on any atom is 0.393 e. The summed E-state index contributed by atoms with van der Waals surface area (Å²) in [5, 5.41) is 0. The lowest BCUT2D eigenvalue weighted by Gasteiger charge is -1.84. The van der Waals surface area contributed by atoms with Crippen LogP contribution in [0.1, 0.15) is 11.5 Å². The second-order valence-corrected chi connectivity index (χ2v) is 1.83. The van der Waals surface area contributed by atoms with Crippen LogP contribution in [0.2, 0.25) is 0 Å². The Hall–Kier alpha value is -0.990. The van der Waals surface area contributed by atoms with Crippen LogP contribution in [-0.2, 0) is 0 Å². The van der Waals surface area contributed by atoms with E-state index >= 15 is 0 Å². The number of aryl methyl sites for hydroxylation is 2. The summed E-state index contributed by atoms with van der Waals surface area (Å²) >= 11 is 0. The van der Waals surface area contributed by atoms with Crippen LogP contribution in [0.5, 0.6) is 6.08 Å². The van der Waals surface area contributed by atoms with Crippen molar-refractivity contribution in [3.8, 4) is 6.08 Å². The molecule has 0 radical (unpaired) electrons. The molecule has 0 amide bonds. The van der Waals surface area contributed by atoms with E-state index in [1.165, 1.54) is 7.11 Å². The molecule has 0 unspecified atom stereocenters. The van der Waals surface area contributed by atoms with Crippen molar-refractivity contribution in [2.24, 2.45) is 0 Å². The van der Waals surface area contributed by atoms with Gasteiger partial charge in [0.1, 0.15) is 5.76 Å². The number of hydrogen-bond donors (Lipinski definition) is 0. The van der Waals surface area contributed by atoms with Crippen LogP contribution in [0.25, 0.3) is 0 Å². The zero-order chi connectivity index (χ0) is 6.85. The summed E-state index contributed by atoms with van der Waals surface area (Å²) in [7, 11) is 1.53. The fraction of sp³-hybridized carbons (Fsp3) is 0.500. The first-order valence-electron chi connectivity index (χ1n) is 2.72. The predicted molar refractivity (Wildman–Crippen MR) is 32.5 cm³/mol. The third-order valence-electron chi connectivity index (χ3n) is 1.18. The molecule has 0 atom stereocenters. The second-order valence-electron chi connectivity index (χ2n) is 1.83. The van der Waals surface area contributed by atoms with Crippen LogP contribution in [0.4, 0.5) is 0 Å². The van der Waals surface area contributed by atoms with Gasteiger partial charge in [0.2, 0.25) is 0 Å². The summed E-state index contributed by atoms with van der Waals surface area (Å²) < 4.78 is 9.77. The van der Waals surface area contributed by atoms with Gasteiger partial charge in [-0.25, -0.2) is 0 Å². The molecule has 0 saturated carbocycles. The van der Waals surface area contributed by atoms with E-state index in [0.717, 1.165) is 11.5 Å². The van der Waals surface area contributed by atoms with Crippen molar-refractivity contribution in [3.63, 3.8) is 0 Å². The molecule has 0 spiro atoms. The van der Waals surface area contributed by atoms with E-state index in [9.17, 15) is 0 Å². The van der Waals surface area contributed by atoms with Gasteiger partial charge in [-0.15, -0.1) is 0 Å². The molecule has 0 aromatic carbocycles. The van der Waals surface area contributed by atoms with Crippen molar-refractivity contribution in [1.82, 2.24) is 4.98 Å². The molecule has 50 valence electrons. The van der Waals surface area contributed by atoms with Gasteiger partial charge in [0.05, 0.1) is 12.8 Å². The van der Waals surface area contributed by atoms with E-state index in [2.05, 4.69) is 4.98 Å². The zero-order valence-electron chi connectivity index (χ0n) is 5.76. The van der Waals surface area contributed by atoms with Crippen molar-refractivity contribution < 1.29 is 9.15 Å². The van der Waals surface area contributed by atoms with Gasteiger partial charge >= 0.3 is 6.08 Å². The summed E-state index contributed by atoms with van der Waals surface area (Å²) in [5.74, 6) is 0.812. The molecule has 0 bridgehead atoms. The number of rotatable bonds is 1. The van der Waals surface area contributed by atoms with E-state index < -0.39 is 0 Å². The van der Waals surface area contributed by atoms with Gasteiger partial charge < -0.3 is 9.15 Å². The molecule has 1 heterocycles. The normalized spacial score (nSPS) is 9.67. The Morgan fingerprint density at radius 3 is 2.33 bits per heavy atom. The minimum atomic E-state index is 0.338. The number of aromatic nitrogens is 1. The fourth-order valence-electron chi connectivity index (χ4n) is 0.531. The maximum absolute atomic E-state index is 5.03. The van der Waals surface area contributed by atoms with Gasteiger partial charge in [-0.2, -0.15) is 4.98 Å². The van der Waals surface area contributed by atoms with Gasteiger partial charge in [-0.05, 0) is 13.8 Å². The van der Waals surface area contributed by atoms with Gasteiger partial charge in [-0.1, -0.05) is 0 Å². The molecule has 9 heavy (non-hydrogen) atoms. The van der Waals surface area contributed by atoms with Crippen molar-refractivity contribution in [1.29, 1.82) is 0 Å². The first-order chi connectivity index (χ1) is 4.24. The number of methoxy groups -OCH3 is 1. The maximum atomic E-state index is 5.03. The SMILES string of the molecule is COc1nc(C)c(C)o1. The van der Waals surface area contributed by atoms with Crippen LogP contribution in [0.3, 0.4) is 0 Å². The number of hydrogen-bond acceptors (Lipinski definition) is 3. The summed E-state index contributed by atoms with van der Waals surface area (Å²) in [6, 6.07) is 0. The van der Waals surface area contributed by atoms with Crippen LogP contribution >= 0.6 is 0 Å². The summed E-state index contributed by atoms with van der Waals surface area (Å²) in [6.07, 6.45) is 0.338. The molecule has 0 saturated heterocycles. The van der Waals surface area contributed by atoms with Crippen molar-refractivity contribution in [3.05, 3.63) is 11.5 Å². The molecule has 1 aromatic heterocycles. The molecule has 0 aliphatic rings.